The van der Waals surface area contributed by atoms with Gasteiger partial charge in [0.2, 0.25) is 11.8 Å². The van der Waals surface area contributed by atoms with Gasteiger partial charge < -0.3 is 4.90 Å². The molecule has 2 aliphatic heterocycles. The number of hydrogen-bond donors (Lipinski definition) is 0. The number of anilines is 1. The predicted octanol–water partition coefficient (Wildman–Crippen LogP) is 4.20. The maximum absolute atomic E-state index is 13.0. The maximum atomic E-state index is 13.0. The van der Waals surface area contributed by atoms with Crippen LogP contribution in [0.2, 0.25) is 0 Å². The molecule has 1 aromatic heterocycles. The maximum Gasteiger partial charge on any atom is 0.228 e. The number of amides is 2. The lowest BCUT2D eigenvalue weighted by atomic mass is 9.94. The van der Waals surface area contributed by atoms with Gasteiger partial charge in [-0.25, -0.2) is 9.97 Å². The van der Waals surface area contributed by atoms with E-state index >= 15 is 0 Å². The molecule has 1 atom stereocenters. The molecule has 0 N–H and O–H groups in total. The van der Waals surface area contributed by atoms with Crippen molar-refractivity contribution >= 4 is 17.6 Å². The van der Waals surface area contributed by atoms with Gasteiger partial charge in [-0.1, -0.05) is 43.2 Å². The van der Waals surface area contributed by atoms with Crippen molar-refractivity contribution in [3.05, 3.63) is 53.0 Å². The third-order valence-electron chi connectivity index (χ3n) is 7.62. The molecule has 1 aromatic carbocycles. The van der Waals surface area contributed by atoms with Gasteiger partial charge in [-0.15, -0.1) is 0 Å². The van der Waals surface area contributed by atoms with Gasteiger partial charge in [0.25, 0.3) is 0 Å². The summed E-state index contributed by atoms with van der Waals surface area (Å²) in [4.78, 5) is 39.7. The number of aryl methyl sites for hydroxylation is 1. The molecule has 33 heavy (non-hydrogen) atoms. The summed E-state index contributed by atoms with van der Waals surface area (Å²) in [6.07, 6.45) is 8.42. The molecule has 1 saturated carbocycles. The second-order valence-corrected chi connectivity index (χ2v) is 9.86. The largest absolute Gasteiger partial charge is 0.342 e. The van der Waals surface area contributed by atoms with Crippen molar-refractivity contribution in [2.75, 3.05) is 24.5 Å². The molecule has 2 amide bonds. The molecule has 6 heteroatoms. The van der Waals surface area contributed by atoms with Crippen LogP contribution < -0.4 is 4.90 Å². The number of rotatable bonds is 5. The summed E-state index contributed by atoms with van der Waals surface area (Å²) < 4.78 is 0. The molecular formula is C27H34N4O2. The molecule has 1 aliphatic carbocycles. The summed E-state index contributed by atoms with van der Waals surface area (Å²) in [5.41, 5.74) is 3.30. The van der Waals surface area contributed by atoms with Crippen LogP contribution in [0.1, 0.15) is 73.5 Å². The van der Waals surface area contributed by atoms with E-state index in [2.05, 4.69) is 17.0 Å². The molecule has 5 rings (SSSR count). The first-order valence-electron chi connectivity index (χ1n) is 12.6. The summed E-state index contributed by atoms with van der Waals surface area (Å²) >= 11 is 0. The Morgan fingerprint density at radius 3 is 2.61 bits per heavy atom. The van der Waals surface area contributed by atoms with Gasteiger partial charge in [-0.05, 0) is 51.0 Å². The lowest BCUT2D eigenvalue weighted by Crippen LogP contribution is -2.42. The lowest BCUT2D eigenvalue weighted by Gasteiger charge is -2.35. The fraction of sp³-hybridized carbons (Fsp3) is 0.556. The first-order valence-corrected chi connectivity index (χ1v) is 12.6. The molecule has 1 saturated heterocycles. The molecule has 3 heterocycles. The molecule has 2 aromatic rings. The fourth-order valence-electron chi connectivity index (χ4n) is 5.72. The highest BCUT2D eigenvalue weighted by atomic mass is 16.2. The number of likely N-dealkylation sites (tertiary alicyclic amines) is 1. The van der Waals surface area contributed by atoms with Gasteiger partial charge >= 0.3 is 0 Å². The first kappa shape index (κ1) is 22.1. The van der Waals surface area contributed by atoms with Crippen LogP contribution >= 0.6 is 0 Å². The second kappa shape index (κ2) is 9.62. The predicted molar refractivity (Wildman–Crippen MR) is 128 cm³/mol. The van der Waals surface area contributed by atoms with E-state index in [9.17, 15) is 9.59 Å². The van der Waals surface area contributed by atoms with Crippen LogP contribution in [0.4, 0.5) is 5.82 Å². The monoisotopic (exact) mass is 446 g/mol. The first-order chi connectivity index (χ1) is 16.1. The van der Waals surface area contributed by atoms with Crippen LogP contribution in [0.3, 0.4) is 0 Å². The quantitative estimate of drug-likeness (QED) is 0.690. The minimum atomic E-state index is 0.140. The van der Waals surface area contributed by atoms with E-state index < -0.39 is 0 Å². The van der Waals surface area contributed by atoms with Crippen molar-refractivity contribution in [3.63, 3.8) is 0 Å². The molecule has 0 bridgehead atoms. The highest BCUT2D eigenvalue weighted by Crippen LogP contribution is 2.34. The van der Waals surface area contributed by atoms with Crippen LogP contribution in [0.5, 0.6) is 0 Å². The van der Waals surface area contributed by atoms with Gasteiger partial charge in [0.15, 0.2) is 0 Å². The van der Waals surface area contributed by atoms with E-state index in [4.69, 9.17) is 9.97 Å². The highest BCUT2D eigenvalue weighted by molar-refractivity contribution is 5.95. The van der Waals surface area contributed by atoms with E-state index in [-0.39, 0.29) is 17.7 Å². The Labute approximate surface area is 196 Å². The number of aromatic nitrogens is 2. The van der Waals surface area contributed by atoms with Crippen LogP contribution in [0.25, 0.3) is 0 Å². The van der Waals surface area contributed by atoms with Crippen LogP contribution in [-0.4, -0.2) is 46.3 Å². The average Bonchev–Trinajstić information content (AvgIpc) is 3.38. The molecule has 2 fully saturated rings. The normalized spacial score (nSPS) is 21.4. The molecule has 6 nitrogen and oxygen atoms in total. The van der Waals surface area contributed by atoms with Crippen molar-refractivity contribution in [1.82, 2.24) is 14.9 Å². The third kappa shape index (κ3) is 4.66. The zero-order valence-corrected chi connectivity index (χ0v) is 19.6. The van der Waals surface area contributed by atoms with E-state index in [1.54, 1.807) is 0 Å². The zero-order valence-electron chi connectivity index (χ0n) is 19.6. The van der Waals surface area contributed by atoms with Gasteiger partial charge in [0.05, 0.1) is 0 Å². The van der Waals surface area contributed by atoms with E-state index in [1.165, 1.54) is 18.4 Å². The van der Waals surface area contributed by atoms with E-state index in [0.29, 0.717) is 31.8 Å². The van der Waals surface area contributed by atoms with E-state index in [1.807, 2.05) is 30.0 Å². The number of carbonyl (C=O) groups is 2. The second-order valence-electron chi connectivity index (χ2n) is 9.86. The van der Waals surface area contributed by atoms with Crippen LogP contribution in [-0.2, 0) is 22.4 Å². The van der Waals surface area contributed by atoms with Crippen molar-refractivity contribution in [1.29, 1.82) is 0 Å². The molecule has 3 aliphatic rings. The Morgan fingerprint density at radius 1 is 1.03 bits per heavy atom. The van der Waals surface area contributed by atoms with Crippen molar-refractivity contribution in [2.24, 2.45) is 5.92 Å². The number of hydrogen-bond acceptors (Lipinski definition) is 4. The number of carbonyl (C=O) groups excluding carboxylic acids is 2. The minimum absolute atomic E-state index is 0.140. The smallest absolute Gasteiger partial charge is 0.228 e. The Hall–Kier alpha value is -2.76. The average molecular weight is 447 g/mol. The van der Waals surface area contributed by atoms with Gasteiger partial charge in [-0.3, -0.25) is 14.5 Å². The van der Waals surface area contributed by atoms with E-state index in [0.717, 1.165) is 61.5 Å². The number of nitrogens with zero attached hydrogens (tertiary/aromatic N) is 4. The Morgan fingerprint density at radius 2 is 1.82 bits per heavy atom. The van der Waals surface area contributed by atoms with Gasteiger partial charge in [0.1, 0.15) is 11.6 Å². The fourth-order valence-corrected chi connectivity index (χ4v) is 5.72. The number of piperidine rings is 1. The van der Waals surface area contributed by atoms with Crippen LogP contribution in [0.15, 0.2) is 30.3 Å². The summed E-state index contributed by atoms with van der Waals surface area (Å²) in [6, 6.07) is 10.3. The molecular weight excluding hydrogens is 412 g/mol. The molecule has 0 radical (unpaired) electrons. The Bertz CT molecular complexity index is 1020. The van der Waals surface area contributed by atoms with Crippen molar-refractivity contribution in [3.8, 4) is 0 Å². The summed E-state index contributed by atoms with van der Waals surface area (Å²) in [6.45, 7) is 4.21. The Kier molecular flexibility index (Phi) is 6.43. The SMILES string of the molecule is Cc1nc(C2CCCN(C(=O)C3CCCC3)C2)nc2c1CCC(=O)N2CCc1ccccc1. The van der Waals surface area contributed by atoms with Gasteiger partial charge in [0, 0.05) is 49.1 Å². The summed E-state index contributed by atoms with van der Waals surface area (Å²) in [7, 11) is 0. The summed E-state index contributed by atoms with van der Waals surface area (Å²) in [5.74, 6) is 2.41. The van der Waals surface area contributed by atoms with Crippen molar-refractivity contribution in [2.45, 2.75) is 70.6 Å². The third-order valence-corrected chi connectivity index (χ3v) is 7.62. The Balaban J connectivity index is 1.37. The standard InChI is InChI=1S/C27H34N4O2/c1-19-23-13-14-24(32)31(17-15-20-8-3-2-4-9-20)26(23)29-25(28-19)22-12-7-16-30(18-22)27(33)21-10-5-6-11-21/h2-4,8-9,21-22H,5-7,10-18H2,1H3. The lowest BCUT2D eigenvalue weighted by molar-refractivity contribution is -0.136. The van der Waals surface area contributed by atoms with Crippen LogP contribution in [0, 0.1) is 12.8 Å². The topological polar surface area (TPSA) is 66.4 Å². The van der Waals surface area contributed by atoms with Gasteiger partial charge in [-0.2, -0.15) is 0 Å². The number of benzene rings is 1. The minimum Gasteiger partial charge on any atom is -0.342 e. The molecule has 1 unspecified atom stereocenters. The highest BCUT2D eigenvalue weighted by Gasteiger charge is 2.34. The van der Waals surface area contributed by atoms with Crippen molar-refractivity contribution < 1.29 is 9.59 Å². The zero-order chi connectivity index (χ0) is 22.8. The summed E-state index contributed by atoms with van der Waals surface area (Å²) in [5, 5.41) is 0. The number of fused-ring (bicyclic) bond motifs is 1. The molecule has 0 spiro atoms. The molecule has 174 valence electrons.